The largest absolute Gasteiger partial charge is 0.368 e. The van der Waals surface area contributed by atoms with Gasteiger partial charge in [-0.1, -0.05) is 0 Å². The number of guanidine groups is 1. The van der Waals surface area contributed by atoms with Gasteiger partial charge in [-0.2, -0.15) is 5.54 Å². The average Bonchev–Trinajstić information content (AvgIpc) is 1.38. The molecular formula is CH4FN3. The van der Waals surface area contributed by atoms with Crippen LogP contribution in [0.4, 0.5) is 4.48 Å². The second-order valence-electron chi connectivity index (χ2n) is 0.508. The third-order valence-corrected chi connectivity index (χ3v) is 0.102. The van der Waals surface area contributed by atoms with E-state index in [0.717, 1.165) is 5.54 Å². The van der Waals surface area contributed by atoms with Crippen molar-refractivity contribution in [1.82, 2.24) is 5.54 Å². The van der Waals surface area contributed by atoms with Gasteiger partial charge in [-0.15, -0.1) is 4.48 Å². The highest BCUT2D eigenvalue weighted by Crippen LogP contribution is 1.41. The van der Waals surface area contributed by atoms with E-state index < -0.39 is 5.96 Å². The van der Waals surface area contributed by atoms with Crippen LogP contribution in [-0.4, -0.2) is 5.96 Å². The lowest BCUT2D eigenvalue weighted by molar-refractivity contribution is 0.428. The monoisotopic (exact) mass is 77.0 g/mol. The molecule has 0 bridgehead atoms. The van der Waals surface area contributed by atoms with Crippen molar-refractivity contribution in [3.05, 3.63) is 0 Å². The maximum absolute atomic E-state index is 10.5. The van der Waals surface area contributed by atoms with Crippen molar-refractivity contribution in [2.75, 3.05) is 0 Å². The van der Waals surface area contributed by atoms with E-state index in [4.69, 9.17) is 5.41 Å². The lowest BCUT2D eigenvalue weighted by atomic mass is 11.1. The van der Waals surface area contributed by atoms with Crippen molar-refractivity contribution in [3.63, 3.8) is 0 Å². The zero-order valence-electron chi connectivity index (χ0n) is 2.46. The van der Waals surface area contributed by atoms with E-state index in [0.29, 0.717) is 0 Å². The molecule has 0 rings (SSSR count). The lowest BCUT2D eigenvalue weighted by Gasteiger charge is -1.80. The van der Waals surface area contributed by atoms with E-state index in [9.17, 15) is 4.48 Å². The first kappa shape index (κ1) is 4.20. The van der Waals surface area contributed by atoms with Crippen molar-refractivity contribution < 1.29 is 4.48 Å². The van der Waals surface area contributed by atoms with E-state index >= 15 is 0 Å². The van der Waals surface area contributed by atoms with Crippen LogP contribution in [0, 0.1) is 5.41 Å². The minimum Gasteiger partial charge on any atom is -0.368 e. The van der Waals surface area contributed by atoms with Gasteiger partial charge in [0.1, 0.15) is 0 Å². The molecule has 0 spiro atoms. The number of nitrogens with one attached hydrogen (secondary N) is 2. The first-order valence-electron chi connectivity index (χ1n) is 0.978. The highest BCUT2D eigenvalue weighted by Gasteiger charge is 1.70. The van der Waals surface area contributed by atoms with Crippen LogP contribution in [0.15, 0.2) is 0 Å². The van der Waals surface area contributed by atoms with Crippen LogP contribution in [0.25, 0.3) is 0 Å². The van der Waals surface area contributed by atoms with Gasteiger partial charge in [0.25, 0.3) is 0 Å². The Kier molecular flexibility index (Phi) is 1.27. The summed E-state index contributed by atoms with van der Waals surface area (Å²) < 4.78 is 10.5. The molecule has 5 heavy (non-hydrogen) atoms. The third kappa shape index (κ3) is 3.20. The molecule has 0 aromatic carbocycles. The number of halogens is 1. The van der Waals surface area contributed by atoms with Gasteiger partial charge in [0, 0.05) is 0 Å². The van der Waals surface area contributed by atoms with Gasteiger partial charge in [0.15, 0.2) is 0 Å². The fourth-order valence-electron chi connectivity index (χ4n) is 0. The number of hydrogen-bond donors (Lipinski definition) is 3. The molecule has 0 radical (unpaired) electrons. The van der Waals surface area contributed by atoms with Gasteiger partial charge >= 0.3 is 0 Å². The van der Waals surface area contributed by atoms with Crippen molar-refractivity contribution in [1.29, 1.82) is 5.41 Å². The SMILES string of the molecule is N=C(N)NF. The van der Waals surface area contributed by atoms with Gasteiger partial charge in [0.2, 0.25) is 5.96 Å². The standard InChI is InChI=1S/CH4FN3/c2-5-1(3)4/h(H4,3,4,5). The van der Waals surface area contributed by atoms with Gasteiger partial charge in [0.05, 0.1) is 0 Å². The molecule has 0 fully saturated rings. The van der Waals surface area contributed by atoms with Crippen molar-refractivity contribution in [2.24, 2.45) is 5.73 Å². The van der Waals surface area contributed by atoms with Crippen LogP contribution in [0.5, 0.6) is 0 Å². The molecule has 0 unspecified atom stereocenters. The van der Waals surface area contributed by atoms with Crippen molar-refractivity contribution >= 4 is 5.96 Å². The molecule has 30 valence electrons. The summed E-state index contributed by atoms with van der Waals surface area (Å²) in [5, 5.41) is 6.03. The van der Waals surface area contributed by atoms with Crippen LogP contribution in [0.3, 0.4) is 0 Å². The van der Waals surface area contributed by atoms with E-state index in [-0.39, 0.29) is 0 Å². The Bertz CT molecular complexity index is 42.2. The molecule has 0 aromatic heterocycles. The fourth-order valence-corrected chi connectivity index (χ4v) is 0. The van der Waals surface area contributed by atoms with Crippen molar-refractivity contribution in [3.8, 4) is 0 Å². The molecule has 0 aromatic rings. The van der Waals surface area contributed by atoms with E-state index in [1.54, 1.807) is 0 Å². The Balaban J connectivity index is 2.85. The zero-order valence-corrected chi connectivity index (χ0v) is 2.46. The number of nitrogens with two attached hydrogens (primary N) is 1. The summed E-state index contributed by atoms with van der Waals surface area (Å²) in [4.78, 5) is 0. The molecule has 0 amide bonds. The summed E-state index contributed by atoms with van der Waals surface area (Å²) in [5.74, 6) is -0.662. The van der Waals surface area contributed by atoms with Crippen LogP contribution < -0.4 is 11.3 Å². The Morgan fingerprint density at radius 2 is 2.20 bits per heavy atom. The Hall–Kier alpha value is -0.800. The van der Waals surface area contributed by atoms with Gasteiger partial charge < -0.3 is 5.73 Å². The highest BCUT2D eigenvalue weighted by molar-refractivity contribution is 5.72. The summed E-state index contributed by atoms with van der Waals surface area (Å²) in [7, 11) is 0. The number of hydrogen-bond acceptors (Lipinski definition) is 1. The van der Waals surface area contributed by atoms with Gasteiger partial charge in [-0.3, -0.25) is 5.41 Å². The summed E-state index contributed by atoms with van der Waals surface area (Å²) in [6.07, 6.45) is 0. The molecule has 0 aliphatic heterocycles. The smallest absolute Gasteiger partial charge is 0.214 e. The van der Waals surface area contributed by atoms with Crippen LogP contribution in [0.2, 0.25) is 0 Å². The molecule has 0 aliphatic carbocycles. The fraction of sp³-hybridized carbons (Fsp3) is 0. The van der Waals surface area contributed by atoms with E-state index in [1.807, 2.05) is 0 Å². The molecule has 3 nitrogen and oxygen atoms in total. The van der Waals surface area contributed by atoms with E-state index in [2.05, 4.69) is 5.73 Å². The summed E-state index contributed by atoms with van der Waals surface area (Å²) in [5.41, 5.74) is 5.28. The first-order valence-corrected chi connectivity index (χ1v) is 0.978. The maximum Gasteiger partial charge on any atom is 0.214 e. The minimum absolute atomic E-state index is 0.662. The average molecular weight is 77.1 g/mol. The summed E-state index contributed by atoms with van der Waals surface area (Å²) in [6.45, 7) is 0. The Morgan fingerprint density at radius 3 is 2.20 bits per heavy atom. The molecule has 0 saturated heterocycles. The summed E-state index contributed by atoms with van der Waals surface area (Å²) >= 11 is 0. The predicted molar refractivity (Wildman–Crippen MR) is 16.2 cm³/mol. The van der Waals surface area contributed by atoms with Crippen LogP contribution >= 0.6 is 0 Å². The molecule has 0 aliphatic rings. The normalized spacial score (nSPS) is 6.60. The third-order valence-electron chi connectivity index (χ3n) is 0.102. The highest BCUT2D eigenvalue weighted by atomic mass is 19.2. The van der Waals surface area contributed by atoms with Crippen molar-refractivity contribution in [2.45, 2.75) is 0 Å². The second-order valence-corrected chi connectivity index (χ2v) is 0.508. The topological polar surface area (TPSA) is 61.9 Å². The molecule has 0 atom stereocenters. The van der Waals surface area contributed by atoms with E-state index in [1.165, 1.54) is 0 Å². The molecule has 4 N–H and O–H groups in total. The zero-order chi connectivity index (χ0) is 4.28. The van der Waals surface area contributed by atoms with Crippen LogP contribution in [0.1, 0.15) is 0 Å². The Labute approximate surface area is 28.4 Å². The maximum atomic E-state index is 10.5. The molecule has 4 heteroatoms. The Morgan fingerprint density at radius 1 is 2.00 bits per heavy atom. The summed E-state index contributed by atoms with van der Waals surface area (Å²) in [6, 6.07) is 0. The predicted octanol–water partition coefficient (Wildman–Crippen LogP) is -0.646. The first-order chi connectivity index (χ1) is 2.27. The molecule has 0 saturated carbocycles. The molecule has 0 heterocycles. The number of rotatable bonds is 0. The minimum atomic E-state index is -0.662. The molecular weight excluding hydrogens is 73.0 g/mol. The lowest BCUT2D eigenvalue weighted by Crippen LogP contribution is -2.22. The van der Waals surface area contributed by atoms with Gasteiger partial charge in [-0.25, -0.2) is 0 Å². The van der Waals surface area contributed by atoms with Crippen LogP contribution in [-0.2, 0) is 0 Å². The quantitative estimate of drug-likeness (QED) is 0.204. The second kappa shape index (κ2) is 1.51. The van der Waals surface area contributed by atoms with Gasteiger partial charge in [-0.05, 0) is 0 Å².